The van der Waals surface area contributed by atoms with Gasteiger partial charge in [0, 0.05) is 49.5 Å². The normalized spacial score (nSPS) is 24.8. The summed E-state index contributed by atoms with van der Waals surface area (Å²) in [5.74, 6) is 0.746. The first-order valence-corrected chi connectivity index (χ1v) is 12.9. The van der Waals surface area contributed by atoms with Crippen LogP contribution in [-0.2, 0) is 6.42 Å². The van der Waals surface area contributed by atoms with Crippen molar-refractivity contribution in [3.05, 3.63) is 101 Å². The summed E-state index contributed by atoms with van der Waals surface area (Å²) in [6.45, 7) is 1.93. The predicted octanol–water partition coefficient (Wildman–Crippen LogP) is 6.24. The molecule has 0 unspecified atom stereocenters. The molecule has 5 heteroatoms. The summed E-state index contributed by atoms with van der Waals surface area (Å²) in [6.07, 6.45) is 6.11. The predicted molar refractivity (Wildman–Crippen MR) is 135 cm³/mol. The van der Waals surface area contributed by atoms with Crippen molar-refractivity contribution >= 4 is 5.71 Å². The first-order chi connectivity index (χ1) is 17.2. The van der Waals surface area contributed by atoms with Crippen LogP contribution >= 0.6 is 0 Å². The third-order valence-corrected chi connectivity index (χ3v) is 8.45. The number of nitrogens with zero attached hydrogens (tertiary/aromatic N) is 3. The molecule has 0 amide bonds. The highest BCUT2D eigenvalue weighted by molar-refractivity contribution is 6.02. The average Bonchev–Trinajstić information content (AvgIpc) is 3.36. The van der Waals surface area contributed by atoms with Crippen LogP contribution < -0.4 is 4.74 Å². The summed E-state index contributed by atoms with van der Waals surface area (Å²) in [5, 5.41) is 7.24. The maximum atomic E-state index is 14.7. The number of halogens is 1. The van der Waals surface area contributed by atoms with Gasteiger partial charge in [-0.1, -0.05) is 60.7 Å². The fourth-order valence-corrected chi connectivity index (χ4v) is 6.71. The Labute approximate surface area is 206 Å². The molecule has 0 aromatic heterocycles. The maximum absolute atomic E-state index is 14.7. The van der Waals surface area contributed by atoms with Crippen LogP contribution in [0.1, 0.15) is 66.4 Å². The van der Waals surface area contributed by atoms with Crippen LogP contribution in [0.4, 0.5) is 4.39 Å². The molecule has 1 spiro atoms. The summed E-state index contributed by atoms with van der Waals surface area (Å²) in [6, 6.07) is 24.8. The highest BCUT2D eigenvalue weighted by Gasteiger charge is 2.52. The van der Waals surface area contributed by atoms with Crippen molar-refractivity contribution in [2.24, 2.45) is 5.10 Å². The number of fused-ring (bicyclic) bond motifs is 5. The van der Waals surface area contributed by atoms with Gasteiger partial charge in [-0.25, -0.2) is 9.40 Å². The van der Waals surface area contributed by atoms with E-state index in [2.05, 4.69) is 52.4 Å². The number of likely N-dealkylation sites (tertiary alicyclic amines) is 1. The van der Waals surface area contributed by atoms with Crippen molar-refractivity contribution in [2.75, 3.05) is 13.1 Å². The molecule has 1 aliphatic carbocycles. The molecule has 1 saturated heterocycles. The summed E-state index contributed by atoms with van der Waals surface area (Å²) in [5.41, 5.74) is 5.09. The zero-order chi connectivity index (χ0) is 23.4. The first kappa shape index (κ1) is 21.1. The zero-order valence-corrected chi connectivity index (χ0v) is 19.9. The molecule has 4 aliphatic rings. The standard InChI is InChI=1S/C30H30FN3O/c31-25-13-5-3-11-23(25)26-20-28-24-12-4-6-15-29(24)35-30(34(28)32-26)16-18-33(19-17-30)27-14-7-9-21-8-1-2-10-22(21)27/h1-6,8,10-13,15,27-28H,7,9,14,16-20H2/t27-,28-/m1/s1. The van der Waals surface area contributed by atoms with Crippen molar-refractivity contribution in [3.8, 4) is 5.75 Å². The summed E-state index contributed by atoms with van der Waals surface area (Å²) >= 11 is 0. The minimum Gasteiger partial charge on any atom is -0.466 e. The Hall–Kier alpha value is -3.18. The minimum atomic E-state index is -0.489. The number of ether oxygens (including phenoxy) is 1. The van der Waals surface area contributed by atoms with Gasteiger partial charge in [-0.05, 0) is 42.5 Å². The first-order valence-electron chi connectivity index (χ1n) is 12.9. The Bertz CT molecular complexity index is 1300. The van der Waals surface area contributed by atoms with E-state index in [4.69, 9.17) is 9.84 Å². The van der Waals surface area contributed by atoms with E-state index in [-0.39, 0.29) is 11.9 Å². The maximum Gasteiger partial charge on any atom is 0.200 e. The van der Waals surface area contributed by atoms with E-state index in [1.165, 1.54) is 36.5 Å². The highest BCUT2D eigenvalue weighted by Crippen LogP contribution is 2.51. The van der Waals surface area contributed by atoms with Crippen LogP contribution in [0.25, 0.3) is 0 Å². The van der Waals surface area contributed by atoms with E-state index in [0.717, 1.165) is 43.0 Å². The Balaban J connectivity index is 1.21. The van der Waals surface area contributed by atoms with Gasteiger partial charge < -0.3 is 4.74 Å². The van der Waals surface area contributed by atoms with Gasteiger partial charge in [-0.15, -0.1) is 0 Å². The van der Waals surface area contributed by atoms with Crippen molar-refractivity contribution < 1.29 is 9.13 Å². The van der Waals surface area contributed by atoms with Crippen molar-refractivity contribution in [1.82, 2.24) is 9.91 Å². The number of piperidine rings is 1. The quantitative estimate of drug-likeness (QED) is 0.447. The third-order valence-electron chi connectivity index (χ3n) is 8.45. The fraction of sp³-hybridized carbons (Fsp3) is 0.367. The Kier molecular flexibility index (Phi) is 4.95. The molecule has 35 heavy (non-hydrogen) atoms. The molecule has 2 atom stereocenters. The molecule has 3 heterocycles. The molecule has 3 aromatic rings. The van der Waals surface area contributed by atoms with Crippen molar-refractivity contribution in [1.29, 1.82) is 0 Å². The van der Waals surface area contributed by atoms with E-state index in [0.29, 0.717) is 18.0 Å². The van der Waals surface area contributed by atoms with Gasteiger partial charge in [0.15, 0.2) is 0 Å². The molecule has 0 radical (unpaired) electrons. The number of benzene rings is 3. The smallest absolute Gasteiger partial charge is 0.200 e. The molecule has 1 fully saturated rings. The van der Waals surface area contributed by atoms with Crippen LogP contribution in [0.2, 0.25) is 0 Å². The second-order valence-electron chi connectivity index (χ2n) is 10.3. The van der Waals surface area contributed by atoms with Gasteiger partial charge in [0.1, 0.15) is 11.6 Å². The van der Waals surface area contributed by atoms with Crippen LogP contribution in [0, 0.1) is 5.82 Å². The monoisotopic (exact) mass is 467 g/mol. The second-order valence-corrected chi connectivity index (χ2v) is 10.3. The van der Waals surface area contributed by atoms with E-state index >= 15 is 0 Å². The van der Waals surface area contributed by atoms with Crippen molar-refractivity contribution in [3.63, 3.8) is 0 Å². The van der Waals surface area contributed by atoms with Crippen LogP contribution in [-0.4, -0.2) is 34.4 Å². The topological polar surface area (TPSA) is 28.1 Å². The van der Waals surface area contributed by atoms with E-state index in [1.54, 1.807) is 6.07 Å². The number of hydrazone groups is 1. The second kappa shape index (κ2) is 8.20. The Morgan fingerprint density at radius 3 is 2.46 bits per heavy atom. The molecular weight excluding hydrogens is 437 g/mol. The van der Waals surface area contributed by atoms with Crippen LogP contribution in [0.3, 0.4) is 0 Å². The molecule has 7 rings (SSSR count). The molecule has 4 nitrogen and oxygen atoms in total. The van der Waals surface area contributed by atoms with E-state index in [9.17, 15) is 4.39 Å². The van der Waals surface area contributed by atoms with E-state index < -0.39 is 5.72 Å². The lowest BCUT2D eigenvalue weighted by Crippen LogP contribution is -2.59. The Morgan fingerprint density at radius 2 is 1.60 bits per heavy atom. The SMILES string of the molecule is Fc1ccccc1C1=NN2[C@H](C1)c1ccccc1OC21CCN([C@@H]2CCCc3ccccc32)CC1. The average molecular weight is 468 g/mol. The van der Waals surface area contributed by atoms with E-state index in [1.807, 2.05) is 18.2 Å². The molecular formula is C30H30FN3O. The molecule has 178 valence electrons. The number of para-hydroxylation sites is 1. The molecule has 0 N–H and O–H groups in total. The lowest BCUT2D eigenvalue weighted by molar-refractivity contribution is -0.153. The van der Waals surface area contributed by atoms with Gasteiger partial charge >= 0.3 is 0 Å². The van der Waals surface area contributed by atoms with Crippen molar-refractivity contribution in [2.45, 2.75) is 56.3 Å². The van der Waals surface area contributed by atoms with Gasteiger partial charge in [0.25, 0.3) is 0 Å². The van der Waals surface area contributed by atoms with Gasteiger partial charge in [0.05, 0.1) is 11.8 Å². The van der Waals surface area contributed by atoms with Gasteiger partial charge in [0.2, 0.25) is 5.72 Å². The molecule has 0 bridgehead atoms. The lowest BCUT2D eigenvalue weighted by atomic mass is 9.84. The zero-order valence-electron chi connectivity index (χ0n) is 19.9. The minimum absolute atomic E-state index is 0.0801. The number of rotatable bonds is 2. The fourth-order valence-electron chi connectivity index (χ4n) is 6.71. The summed E-state index contributed by atoms with van der Waals surface area (Å²) in [7, 11) is 0. The Morgan fingerprint density at radius 1 is 0.857 bits per heavy atom. The van der Waals surface area contributed by atoms with Gasteiger partial charge in [-0.2, -0.15) is 5.10 Å². The largest absolute Gasteiger partial charge is 0.466 e. The molecule has 0 saturated carbocycles. The third kappa shape index (κ3) is 3.40. The number of hydrogen-bond acceptors (Lipinski definition) is 4. The summed E-state index contributed by atoms with van der Waals surface area (Å²) in [4.78, 5) is 2.65. The highest BCUT2D eigenvalue weighted by atomic mass is 19.1. The number of hydrogen-bond donors (Lipinski definition) is 0. The summed E-state index contributed by atoms with van der Waals surface area (Å²) < 4.78 is 21.5. The lowest BCUT2D eigenvalue weighted by Gasteiger charge is -2.52. The molecule has 3 aromatic carbocycles. The number of aryl methyl sites for hydroxylation is 1. The van der Waals surface area contributed by atoms with Gasteiger partial charge in [-0.3, -0.25) is 4.90 Å². The van der Waals surface area contributed by atoms with Crippen LogP contribution in [0.15, 0.2) is 77.9 Å². The molecule has 3 aliphatic heterocycles. The van der Waals surface area contributed by atoms with Crippen LogP contribution in [0.5, 0.6) is 5.75 Å².